The van der Waals surface area contributed by atoms with Crippen LogP contribution in [0.4, 0.5) is 4.39 Å². The fraction of sp³-hybridized carbons (Fsp3) is 0.115. The lowest BCUT2D eigenvalue weighted by Gasteiger charge is -2.16. The van der Waals surface area contributed by atoms with Crippen LogP contribution < -0.4 is 15.8 Å². The largest absolute Gasteiger partial charge is 0.497 e. The molecule has 3 heterocycles. The molecule has 0 fully saturated rings. The molecule has 0 radical (unpaired) electrons. The van der Waals surface area contributed by atoms with Gasteiger partial charge in [0, 0.05) is 6.20 Å². The Morgan fingerprint density at radius 1 is 1.03 bits per heavy atom. The van der Waals surface area contributed by atoms with E-state index < -0.39 is 21.2 Å². The maximum atomic E-state index is 13.5. The first-order valence-corrected chi connectivity index (χ1v) is 12.4. The Labute approximate surface area is 205 Å². The molecule has 0 atom stereocenters. The van der Waals surface area contributed by atoms with Crippen LogP contribution >= 0.6 is 0 Å². The third-order valence-electron chi connectivity index (χ3n) is 6.01. The standard InChI is InChI=1S/C26H21FN4O4S/c1-16-4-3-13-30-24(16)29-25-21(26(30)32)14-22(36(33,34)20-11-7-18(27)8-12-20)23(28)31(25)15-17-5-9-19(35-2)10-6-17/h3-14,28H,15H2,1-2H3. The van der Waals surface area contributed by atoms with E-state index in [0.29, 0.717) is 11.4 Å². The highest BCUT2D eigenvalue weighted by molar-refractivity contribution is 7.91. The average molecular weight is 505 g/mol. The number of aryl methyl sites for hydroxylation is 1. The van der Waals surface area contributed by atoms with E-state index in [9.17, 15) is 17.6 Å². The van der Waals surface area contributed by atoms with E-state index >= 15 is 0 Å². The number of aromatic nitrogens is 3. The molecule has 5 rings (SSSR count). The smallest absolute Gasteiger partial charge is 0.267 e. The van der Waals surface area contributed by atoms with E-state index in [1.165, 1.54) is 15.0 Å². The van der Waals surface area contributed by atoms with E-state index in [-0.39, 0.29) is 32.9 Å². The predicted molar refractivity (Wildman–Crippen MR) is 131 cm³/mol. The zero-order chi connectivity index (χ0) is 25.6. The van der Waals surface area contributed by atoms with Crippen molar-refractivity contribution in [1.82, 2.24) is 14.0 Å². The zero-order valence-corrected chi connectivity index (χ0v) is 20.2. The highest BCUT2D eigenvalue weighted by Gasteiger charge is 2.24. The molecule has 0 unspecified atom stereocenters. The Kier molecular flexibility index (Phi) is 5.68. The van der Waals surface area contributed by atoms with Crippen molar-refractivity contribution in [1.29, 1.82) is 5.41 Å². The van der Waals surface area contributed by atoms with Crippen LogP contribution in [0.15, 0.2) is 87.5 Å². The molecular formula is C26H21FN4O4S. The number of sulfone groups is 1. The molecule has 0 aliphatic carbocycles. The molecule has 2 aromatic carbocycles. The maximum Gasteiger partial charge on any atom is 0.267 e. The molecule has 0 bridgehead atoms. The minimum atomic E-state index is -4.25. The second-order valence-corrected chi connectivity index (χ2v) is 10.2. The van der Waals surface area contributed by atoms with E-state index in [1.807, 2.05) is 13.0 Å². The molecule has 10 heteroatoms. The third kappa shape index (κ3) is 3.85. The summed E-state index contributed by atoms with van der Waals surface area (Å²) in [6, 6.07) is 16.1. The lowest BCUT2D eigenvalue weighted by molar-refractivity contribution is 0.414. The Hall–Kier alpha value is -4.31. The summed E-state index contributed by atoms with van der Waals surface area (Å²) in [7, 11) is -2.70. The van der Waals surface area contributed by atoms with Crippen LogP contribution in [0.2, 0.25) is 0 Å². The van der Waals surface area contributed by atoms with Gasteiger partial charge < -0.3 is 9.30 Å². The first kappa shape index (κ1) is 23.4. The van der Waals surface area contributed by atoms with Crippen molar-refractivity contribution in [3.05, 3.63) is 106 Å². The zero-order valence-electron chi connectivity index (χ0n) is 19.4. The summed E-state index contributed by atoms with van der Waals surface area (Å²) in [6.07, 6.45) is 1.56. The number of nitrogens with zero attached hydrogens (tertiary/aromatic N) is 3. The van der Waals surface area contributed by atoms with Gasteiger partial charge in [0.2, 0.25) is 9.84 Å². The second kappa shape index (κ2) is 8.72. The molecular weight excluding hydrogens is 483 g/mol. The van der Waals surface area contributed by atoms with E-state index in [0.717, 1.165) is 35.4 Å². The first-order valence-electron chi connectivity index (χ1n) is 10.9. The highest BCUT2D eigenvalue weighted by Crippen LogP contribution is 2.22. The maximum absolute atomic E-state index is 13.5. The van der Waals surface area contributed by atoms with Gasteiger partial charge in [-0.2, -0.15) is 0 Å². The minimum Gasteiger partial charge on any atom is -0.497 e. The number of halogens is 1. The number of rotatable bonds is 5. The monoisotopic (exact) mass is 504 g/mol. The van der Waals surface area contributed by atoms with Gasteiger partial charge in [-0.25, -0.2) is 17.8 Å². The SMILES string of the molecule is COc1ccc(Cn2c(=N)c(S(=O)(=O)c3ccc(F)cc3)cc3c(=O)n4cccc(C)c4nc32)cc1. The molecule has 0 spiro atoms. The number of benzene rings is 2. The molecule has 0 aliphatic rings. The fourth-order valence-corrected chi connectivity index (χ4v) is 5.47. The number of pyridine rings is 2. The van der Waals surface area contributed by atoms with Crippen molar-refractivity contribution < 1.29 is 17.5 Å². The van der Waals surface area contributed by atoms with Crippen molar-refractivity contribution in [3.63, 3.8) is 0 Å². The summed E-state index contributed by atoms with van der Waals surface area (Å²) in [5.74, 6) is 0.0581. The Balaban J connectivity index is 1.85. The summed E-state index contributed by atoms with van der Waals surface area (Å²) in [5.41, 5.74) is 1.30. The average Bonchev–Trinajstić information content (AvgIpc) is 2.87. The highest BCUT2D eigenvalue weighted by atomic mass is 32.2. The summed E-state index contributed by atoms with van der Waals surface area (Å²) in [5, 5.41) is 8.92. The quantitative estimate of drug-likeness (QED) is 0.291. The van der Waals surface area contributed by atoms with Crippen LogP contribution in [0.3, 0.4) is 0 Å². The topological polar surface area (TPSA) is 107 Å². The summed E-state index contributed by atoms with van der Waals surface area (Å²) in [6.45, 7) is 1.90. The second-order valence-electron chi connectivity index (χ2n) is 8.29. The van der Waals surface area contributed by atoms with Gasteiger partial charge in [-0.3, -0.25) is 14.6 Å². The van der Waals surface area contributed by atoms with Gasteiger partial charge in [-0.05, 0) is 66.6 Å². The van der Waals surface area contributed by atoms with Crippen molar-refractivity contribution in [2.24, 2.45) is 0 Å². The minimum absolute atomic E-state index is 0.0447. The van der Waals surface area contributed by atoms with Crippen LogP contribution in [-0.4, -0.2) is 29.5 Å². The van der Waals surface area contributed by atoms with Crippen LogP contribution in [0.1, 0.15) is 11.1 Å². The van der Waals surface area contributed by atoms with Gasteiger partial charge >= 0.3 is 0 Å². The number of nitrogens with one attached hydrogen (secondary N) is 1. The first-order chi connectivity index (χ1) is 17.2. The van der Waals surface area contributed by atoms with Gasteiger partial charge in [0.05, 0.1) is 23.9 Å². The van der Waals surface area contributed by atoms with Crippen molar-refractivity contribution in [2.75, 3.05) is 7.11 Å². The lowest BCUT2D eigenvalue weighted by Crippen LogP contribution is -2.30. The van der Waals surface area contributed by atoms with Crippen LogP contribution in [0.25, 0.3) is 16.7 Å². The van der Waals surface area contributed by atoms with E-state index in [2.05, 4.69) is 4.98 Å². The molecule has 0 saturated carbocycles. The molecule has 0 amide bonds. The fourth-order valence-electron chi connectivity index (χ4n) is 4.08. The molecule has 0 saturated heterocycles. The Morgan fingerprint density at radius 3 is 2.39 bits per heavy atom. The third-order valence-corrected chi connectivity index (χ3v) is 7.79. The Bertz CT molecular complexity index is 1860. The molecule has 5 aromatic rings. The summed E-state index contributed by atoms with van der Waals surface area (Å²) < 4.78 is 48.5. The van der Waals surface area contributed by atoms with Gasteiger partial charge in [-0.15, -0.1) is 0 Å². The van der Waals surface area contributed by atoms with Crippen molar-refractivity contribution in [2.45, 2.75) is 23.3 Å². The van der Waals surface area contributed by atoms with Crippen molar-refractivity contribution in [3.8, 4) is 5.75 Å². The number of ether oxygens (including phenoxy) is 1. The molecule has 1 N–H and O–H groups in total. The molecule has 0 aliphatic heterocycles. The van der Waals surface area contributed by atoms with Gasteiger partial charge in [0.25, 0.3) is 5.56 Å². The molecule has 36 heavy (non-hydrogen) atoms. The van der Waals surface area contributed by atoms with E-state index in [4.69, 9.17) is 10.1 Å². The lowest BCUT2D eigenvalue weighted by atomic mass is 10.2. The number of hydrogen-bond acceptors (Lipinski definition) is 6. The molecule has 8 nitrogen and oxygen atoms in total. The number of fused-ring (bicyclic) bond motifs is 2. The normalized spacial score (nSPS) is 11.8. The summed E-state index contributed by atoms with van der Waals surface area (Å²) >= 11 is 0. The number of methoxy groups -OCH3 is 1. The van der Waals surface area contributed by atoms with Crippen molar-refractivity contribution >= 4 is 26.5 Å². The van der Waals surface area contributed by atoms with Gasteiger partial charge in [-0.1, -0.05) is 18.2 Å². The molecule has 3 aromatic heterocycles. The van der Waals surface area contributed by atoms with Crippen LogP contribution in [-0.2, 0) is 16.4 Å². The Morgan fingerprint density at radius 2 is 1.72 bits per heavy atom. The van der Waals surface area contributed by atoms with Gasteiger partial charge in [0.15, 0.2) is 0 Å². The predicted octanol–water partition coefficient (Wildman–Crippen LogP) is 3.47. The molecule has 182 valence electrons. The number of hydrogen-bond donors (Lipinski definition) is 1. The van der Waals surface area contributed by atoms with Gasteiger partial charge in [0.1, 0.15) is 33.2 Å². The van der Waals surface area contributed by atoms with E-state index in [1.54, 1.807) is 43.6 Å². The van der Waals surface area contributed by atoms with Crippen LogP contribution in [0, 0.1) is 18.2 Å². The van der Waals surface area contributed by atoms with Crippen LogP contribution in [0.5, 0.6) is 5.75 Å². The summed E-state index contributed by atoms with van der Waals surface area (Å²) in [4.78, 5) is 17.6.